The molecule has 1 aromatic carbocycles. The Kier molecular flexibility index (Phi) is 5.34. The highest BCUT2D eigenvalue weighted by Crippen LogP contribution is 2.36. The van der Waals surface area contributed by atoms with Crippen molar-refractivity contribution in [3.05, 3.63) is 48.2 Å². The number of rotatable bonds is 6. The highest BCUT2D eigenvalue weighted by Gasteiger charge is 2.39. The van der Waals surface area contributed by atoms with Crippen LogP contribution in [0.3, 0.4) is 0 Å². The Morgan fingerprint density at radius 2 is 1.88 bits per heavy atom. The normalized spacial score (nSPS) is 22.8. The Balaban J connectivity index is 1.52. The van der Waals surface area contributed by atoms with Crippen LogP contribution in [0.5, 0.6) is 0 Å². The zero-order valence-electron chi connectivity index (χ0n) is 18.4. The van der Waals surface area contributed by atoms with E-state index in [-0.39, 0.29) is 19.0 Å². The molecule has 1 amide bonds. The molecule has 0 unspecified atom stereocenters. The third-order valence-electron chi connectivity index (χ3n) is 6.07. The number of H-pyrrole nitrogens is 1. The van der Waals surface area contributed by atoms with Gasteiger partial charge in [-0.3, -0.25) is 4.79 Å². The number of aromatic amines is 1. The van der Waals surface area contributed by atoms with Gasteiger partial charge in [-0.2, -0.15) is 0 Å². The summed E-state index contributed by atoms with van der Waals surface area (Å²) in [7, 11) is 1.98. The number of carbonyl (C=O) groups excluding carboxylic acids is 1. The van der Waals surface area contributed by atoms with Crippen LogP contribution in [0.15, 0.2) is 36.5 Å². The second kappa shape index (κ2) is 8.20. The number of nitrogens with one attached hydrogen (secondary N) is 1. The predicted octanol–water partition coefficient (Wildman–Crippen LogP) is 2.81. The topological polar surface area (TPSA) is 119 Å². The van der Waals surface area contributed by atoms with Gasteiger partial charge in [-0.25, -0.2) is 19.3 Å². The largest absolute Gasteiger partial charge is 0.369 e. The number of hydrogen-bond donors (Lipinski definition) is 2. The Labute approximate surface area is 190 Å². The molecule has 33 heavy (non-hydrogen) atoms. The van der Waals surface area contributed by atoms with Crippen molar-refractivity contribution in [1.29, 1.82) is 0 Å². The number of anilines is 1. The first-order valence-corrected chi connectivity index (χ1v) is 10.8. The van der Waals surface area contributed by atoms with Gasteiger partial charge in [0.2, 0.25) is 18.1 Å². The van der Waals surface area contributed by atoms with Crippen molar-refractivity contribution in [1.82, 2.24) is 19.9 Å². The van der Waals surface area contributed by atoms with E-state index in [1.54, 1.807) is 31.3 Å². The van der Waals surface area contributed by atoms with E-state index in [1.165, 1.54) is 12.1 Å². The predicted molar refractivity (Wildman–Crippen MR) is 118 cm³/mol. The molecule has 0 radical (unpaired) electrons. The molecule has 10 heteroatoms. The number of hydrogen-bond acceptors (Lipinski definition) is 7. The van der Waals surface area contributed by atoms with Crippen molar-refractivity contribution in [3.8, 4) is 22.6 Å². The molecule has 0 atom stereocenters. The Bertz CT molecular complexity index is 1170. The summed E-state index contributed by atoms with van der Waals surface area (Å²) in [5, 5.41) is 0. The summed E-state index contributed by atoms with van der Waals surface area (Å²) in [6, 6.07) is 8.32. The maximum absolute atomic E-state index is 13.6. The molecule has 1 aliphatic carbocycles. The molecule has 1 saturated carbocycles. The van der Waals surface area contributed by atoms with Crippen LogP contribution in [-0.4, -0.2) is 52.1 Å². The van der Waals surface area contributed by atoms with Crippen LogP contribution in [0.4, 0.5) is 10.3 Å². The number of imidazole rings is 1. The fraction of sp³-hybridized carbons (Fsp3) is 0.391. The Hall–Kier alpha value is -3.37. The van der Waals surface area contributed by atoms with Gasteiger partial charge < -0.3 is 25.1 Å². The first-order chi connectivity index (χ1) is 15.8. The molecule has 2 fully saturated rings. The Morgan fingerprint density at radius 3 is 2.52 bits per heavy atom. The fourth-order valence-electron chi connectivity index (χ4n) is 3.70. The third kappa shape index (κ3) is 4.19. The minimum Gasteiger partial charge on any atom is -0.369 e. The van der Waals surface area contributed by atoms with Crippen molar-refractivity contribution in [2.24, 2.45) is 11.1 Å². The van der Waals surface area contributed by atoms with Gasteiger partial charge in [-0.1, -0.05) is 0 Å². The fourth-order valence-corrected chi connectivity index (χ4v) is 3.70. The van der Waals surface area contributed by atoms with Crippen molar-refractivity contribution >= 4 is 11.9 Å². The maximum Gasteiger partial charge on any atom is 0.228 e. The minimum atomic E-state index is -0.902. The summed E-state index contributed by atoms with van der Waals surface area (Å²) in [5.41, 5.74) is 7.14. The number of ether oxygens (including phenoxy) is 2. The third-order valence-corrected chi connectivity index (χ3v) is 6.07. The molecule has 1 aliphatic heterocycles. The minimum absolute atomic E-state index is 0.110. The summed E-state index contributed by atoms with van der Waals surface area (Å²) in [6.45, 7) is 1.92. The number of nitrogens with two attached hydrogens (primary N) is 1. The van der Waals surface area contributed by atoms with E-state index >= 15 is 0 Å². The number of carbonyl (C=O) groups is 1. The van der Waals surface area contributed by atoms with E-state index in [0.717, 1.165) is 12.8 Å². The number of halogens is 1. The van der Waals surface area contributed by atoms with E-state index in [0.29, 0.717) is 40.5 Å². The van der Waals surface area contributed by atoms with Crippen LogP contribution < -0.4 is 10.6 Å². The molecule has 5 rings (SSSR count). The molecule has 3 N–H and O–H groups in total. The lowest BCUT2D eigenvalue weighted by Crippen LogP contribution is -2.46. The highest BCUT2D eigenvalue weighted by molar-refractivity contribution is 5.81. The molecule has 0 bridgehead atoms. The summed E-state index contributed by atoms with van der Waals surface area (Å²) in [5.74, 6) is 0.225. The average molecular weight is 452 g/mol. The molecular weight excluding hydrogens is 427 g/mol. The van der Waals surface area contributed by atoms with Crippen LogP contribution in [0.25, 0.3) is 22.6 Å². The summed E-state index contributed by atoms with van der Waals surface area (Å²) in [4.78, 5) is 30.9. The average Bonchev–Trinajstić information content (AvgIpc) is 3.58. The van der Waals surface area contributed by atoms with Gasteiger partial charge in [0, 0.05) is 24.8 Å². The van der Waals surface area contributed by atoms with Crippen LogP contribution in [0.2, 0.25) is 0 Å². The number of aromatic nitrogens is 4. The zero-order valence-corrected chi connectivity index (χ0v) is 18.4. The van der Waals surface area contributed by atoms with Gasteiger partial charge in [0.15, 0.2) is 5.82 Å². The van der Waals surface area contributed by atoms with Gasteiger partial charge in [0.25, 0.3) is 0 Å². The number of benzene rings is 1. The number of primary amides is 1. The molecule has 1 saturated heterocycles. The van der Waals surface area contributed by atoms with E-state index in [2.05, 4.69) is 14.9 Å². The monoisotopic (exact) mass is 452 g/mol. The van der Waals surface area contributed by atoms with Gasteiger partial charge in [-0.15, -0.1) is 0 Å². The lowest BCUT2D eigenvalue weighted by atomic mass is 9.91. The highest BCUT2D eigenvalue weighted by atomic mass is 19.1. The van der Waals surface area contributed by atoms with Crippen LogP contribution in [-0.2, 0) is 14.3 Å². The standard InChI is InChI=1S/C23H25FN6O3/c1-23(21(25)31)11-32-20(33-12-23)19-28-17(13-3-5-14(24)6-4-13)18(29-19)16-9-10-26-22(27-16)30(2)15-7-8-15/h3-6,9-10,15,20H,7-8,11-12H2,1-2H3,(H2,25,31)(H,28,29). The molecule has 172 valence electrons. The Morgan fingerprint density at radius 1 is 1.18 bits per heavy atom. The molecule has 9 nitrogen and oxygen atoms in total. The van der Waals surface area contributed by atoms with Crippen molar-refractivity contribution in [3.63, 3.8) is 0 Å². The SMILES string of the molecule is CN(c1nccc(-c2[nH]c(C3OCC(C)(C(N)=O)CO3)nc2-c2ccc(F)cc2)n1)C1CC1. The first-order valence-electron chi connectivity index (χ1n) is 10.8. The van der Waals surface area contributed by atoms with E-state index in [4.69, 9.17) is 25.2 Å². The summed E-state index contributed by atoms with van der Waals surface area (Å²) < 4.78 is 25.1. The van der Waals surface area contributed by atoms with Gasteiger partial charge in [0.1, 0.15) is 5.82 Å². The van der Waals surface area contributed by atoms with E-state index < -0.39 is 17.6 Å². The molecular formula is C23H25FN6O3. The number of amides is 1. The van der Waals surface area contributed by atoms with Crippen molar-refractivity contribution in [2.75, 3.05) is 25.2 Å². The van der Waals surface area contributed by atoms with Crippen LogP contribution in [0.1, 0.15) is 31.9 Å². The quantitative estimate of drug-likeness (QED) is 0.590. The van der Waals surface area contributed by atoms with Crippen LogP contribution in [0, 0.1) is 11.2 Å². The summed E-state index contributed by atoms with van der Waals surface area (Å²) >= 11 is 0. The van der Waals surface area contributed by atoms with Gasteiger partial charge in [0.05, 0.1) is 35.7 Å². The van der Waals surface area contributed by atoms with E-state index in [9.17, 15) is 9.18 Å². The molecule has 2 aromatic heterocycles. The maximum atomic E-state index is 13.6. The van der Waals surface area contributed by atoms with Crippen LogP contribution >= 0.6 is 0 Å². The molecule has 3 aromatic rings. The van der Waals surface area contributed by atoms with Gasteiger partial charge in [-0.05, 0) is 50.1 Å². The zero-order chi connectivity index (χ0) is 23.2. The molecule has 2 aliphatic rings. The lowest BCUT2D eigenvalue weighted by molar-refractivity contribution is -0.230. The van der Waals surface area contributed by atoms with Crippen molar-refractivity contribution in [2.45, 2.75) is 32.1 Å². The lowest BCUT2D eigenvalue weighted by Gasteiger charge is -2.34. The smallest absolute Gasteiger partial charge is 0.228 e. The first kappa shape index (κ1) is 21.5. The van der Waals surface area contributed by atoms with E-state index in [1.807, 2.05) is 7.05 Å². The second-order valence-electron chi connectivity index (χ2n) is 8.82. The number of nitrogens with zero attached hydrogens (tertiary/aromatic N) is 4. The van der Waals surface area contributed by atoms with Crippen molar-refractivity contribution < 1.29 is 18.7 Å². The molecule has 0 spiro atoms. The molecule has 3 heterocycles. The summed E-state index contributed by atoms with van der Waals surface area (Å²) in [6.07, 6.45) is 3.15. The van der Waals surface area contributed by atoms with Gasteiger partial charge >= 0.3 is 0 Å². The second-order valence-corrected chi connectivity index (χ2v) is 8.82.